The van der Waals surface area contributed by atoms with Crippen LogP contribution >= 0.6 is 11.6 Å². The zero-order valence-corrected chi connectivity index (χ0v) is 20.6. The fraction of sp³-hybridized carbons (Fsp3) is 0.292. The van der Waals surface area contributed by atoms with E-state index in [1.54, 1.807) is 45.0 Å². The Hall–Kier alpha value is -2.97. The molecule has 0 fully saturated rings. The summed E-state index contributed by atoms with van der Waals surface area (Å²) < 4.78 is 39.7. The topological polar surface area (TPSA) is 97.0 Å². The number of rotatable bonds is 8. The molecule has 33 heavy (non-hydrogen) atoms. The molecule has 1 heterocycles. The lowest BCUT2D eigenvalue weighted by atomic mass is 10.1. The van der Waals surface area contributed by atoms with Crippen molar-refractivity contribution in [3.05, 3.63) is 75.5 Å². The van der Waals surface area contributed by atoms with Crippen LogP contribution in [0, 0.1) is 20.8 Å². The standard InChI is InChI=1S/C24H26ClNO6S/c1-14(2)26(33(29,30)23-9-6-17(5)32-23)21-10-15(3)16(4)11-22(21)31-13-19-8-7-18(24(27)28)12-20(19)25/h6-12,14H,13H2,1-5H3,(H,27,28). The molecule has 2 aromatic carbocycles. The molecule has 0 unspecified atom stereocenters. The number of carboxylic acid groups (broad SMARTS) is 1. The SMILES string of the molecule is Cc1ccc(S(=O)(=O)N(c2cc(C)c(C)cc2OCc2ccc(C(=O)O)cc2Cl)C(C)C)o1. The number of furan rings is 1. The smallest absolute Gasteiger partial charge is 0.335 e. The van der Waals surface area contributed by atoms with Crippen molar-refractivity contribution in [3.63, 3.8) is 0 Å². The molecule has 0 atom stereocenters. The van der Waals surface area contributed by atoms with Gasteiger partial charge in [-0.2, -0.15) is 8.42 Å². The van der Waals surface area contributed by atoms with Crippen LogP contribution in [-0.4, -0.2) is 25.5 Å². The minimum absolute atomic E-state index is 0.0279. The molecule has 0 spiro atoms. The Morgan fingerprint density at radius 2 is 1.76 bits per heavy atom. The van der Waals surface area contributed by atoms with E-state index in [1.807, 2.05) is 13.8 Å². The van der Waals surface area contributed by atoms with Gasteiger partial charge in [0.05, 0.1) is 11.3 Å². The van der Waals surface area contributed by atoms with Crippen LogP contribution in [0.3, 0.4) is 0 Å². The van der Waals surface area contributed by atoms with Gasteiger partial charge in [-0.05, 0) is 82.1 Å². The van der Waals surface area contributed by atoms with E-state index in [0.29, 0.717) is 22.8 Å². The Labute approximate surface area is 198 Å². The minimum atomic E-state index is -4.00. The summed E-state index contributed by atoms with van der Waals surface area (Å²) in [5.74, 6) is -0.225. The van der Waals surface area contributed by atoms with Crippen LogP contribution in [0.4, 0.5) is 5.69 Å². The van der Waals surface area contributed by atoms with Crippen molar-refractivity contribution < 1.29 is 27.5 Å². The van der Waals surface area contributed by atoms with Gasteiger partial charge < -0.3 is 14.3 Å². The highest BCUT2D eigenvalue weighted by Crippen LogP contribution is 2.37. The fourth-order valence-corrected chi connectivity index (χ4v) is 5.21. The first-order valence-corrected chi connectivity index (χ1v) is 12.1. The third-order valence-corrected chi connectivity index (χ3v) is 7.41. The molecule has 176 valence electrons. The van der Waals surface area contributed by atoms with Crippen LogP contribution in [-0.2, 0) is 16.6 Å². The van der Waals surface area contributed by atoms with E-state index in [0.717, 1.165) is 11.1 Å². The van der Waals surface area contributed by atoms with E-state index in [4.69, 9.17) is 25.9 Å². The average Bonchev–Trinajstić information content (AvgIpc) is 3.17. The number of ether oxygens (including phenoxy) is 1. The van der Waals surface area contributed by atoms with Crippen molar-refractivity contribution in [3.8, 4) is 5.75 Å². The molecule has 0 aliphatic carbocycles. The number of aromatic carboxylic acids is 1. The van der Waals surface area contributed by atoms with Gasteiger partial charge in [0.15, 0.2) is 0 Å². The van der Waals surface area contributed by atoms with E-state index in [2.05, 4.69) is 0 Å². The molecule has 9 heteroatoms. The van der Waals surface area contributed by atoms with E-state index in [1.165, 1.54) is 22.5 Å². The second-order valence-corrected chi connectivity index (χ2v) is 10.2. The monoisotopic (exact) mass is 491 g/mol. The van der Waals surface area contributed by atoms with Gasteiger partial charge in [0.1, 0.15) is 18.1 Å². The zero-order chi connectivity index (χ0) is 24.5. The lowest BCUT2D eigenvalue weighted by molar-refractivity contribution is 0.0696. The van der Waals surface area contributed by atoms with E-state index in [9.17, 15) is 13.2 Å². The number of hydrogen-bond donors (Lipinski definition) is 1. The minimum Gasteiger partial charge on any atom is -0.487 e. The fourth-order valence-electron chi connectivity index (χ4n) is 3.35. The summed E-state index contributed by atoms with van der Waals surface area (Å²) in [5.41, 5.74) is 2.85. The van der Waals surface area contributed by atoms with Gasteiger partial charge in [-0.3, -0.25) is 4.31 Å². The van der Waals surface area contributed by atoms with E-state index in [-0.39, 0.29) is 22.3 Å². The number of hydrogen-bond acceptors (Lipinski definition) is 5. The highest BCUT2D eigenvalue weighted by Gasteiger charge is 2.32. The van der Waals surface area contributed by atoms with Crippen LogP contribution in [0.5, 0.6) is 5.75 Å². The van der Waals surface area contributed by atoms with Crippen molar-refractivity contribution in [2.24, 2.45) is 0 Å². The van der Waals surface area contributed by atoms with E-state index < -0.39 is 22.0 Å². The highest BCUT2D eigenvalue weighted by molar-refractivity contribution is 7.92. The van der Waals surface area contributed by atoms with Crippen LogP contribution in [0.25, 0.3) is 0 Å². The highest BCUT2D eigenvalue weighted by atomic mass is 35.5. The molecular formula is C24H26ClNO6S. The summed E-state index contributed by atoms with van der Waals surface area (Å²) in [6, 6.07) is 10.5. The quantitative estimate of drug-likeness (QED) is 0.431. The molecule has 3 rings (SSSR count). The Morgan fingerprint density at radius 3 is 2.30 bits per heavy atom. The van der Waals surface area contributed by atoms with Gasteiger partial charge in [-0.1, -0.05) is 17.7 Å². The summed E-state index contributed by atoms with van der Waals surface area (Å²) in [6.07, 6.45) is 0. The Morgan fingerprint density at radius 1 is 1.09 bits per heavy atom. The maximum absolute atomic E-state index is 13.5. The van der Waals surface area contributed by atoms with Crippen molar-refractivity contribution in [1.29, 1.82) is 0 Å². The molecule has 0 aliphatic heterocycles. The zero-order valence-electron chi connectivity index (χ0n) is 19.0. The third kappa shape index (κ3) is 5.17. The Bertz CT molecular complexity index is 1300. The normalized spacial score (nSPS) is 11.6. The van der Waals surface area contributed by atoms with Gasteiger partial charge in [-0.15, -0.1) is 0 Å². The summed E-state index contributed by atoms with van der Waals surface area (Å²) in [6.45, 7) is 9.06. The number of anilines is 1. The molecule has 0 bridgehead atoms. The summed E-state index contributed by atoms with van der Waals surface area (Å²) in [4.78, 5) is 11.1. The number of benzene rings is 2. The first kappa shape index (κ1) is 24.7. The Balaban J connectivity index is 2.04. The van der Waals surface area contributed by atoms with Crippen LogP contribution in [0.2, 0.25) is 5.02 Å². The number of carbonyl (C=O) groups is 1. The summed E-state index contributed by atoms with van der Waals surface area (Å²) in [7, 11) is -4.00. The lowest BCUT2D eigenvalue weighted by Crippen LogP contribution is -2.37. The summed E-state index contributed by atoms with van der Waals surface area (Å²) >= 11 is 6.24. The predicted molar refractivity (Wildman–Crippen MR) is 127 cm³/mol. The molecule has 7 nitrogen and oxygen atoms in total. The van der Waals surface area contributed by atoms with Crippen molar-refractivity contribution in [2.75, 3.05) is 4.31 Å². The Kier molecular flexibility index (Phi) is 7.09. The molecule has 1 N–H and O–H groups in total. The van der Waals surface area contributed by atoms with Gasteiger partial charge in [-0.25, -0.2) is 4.79 Å². The number of halogens is 1. The predicted octanol–water partition coefficient (Wildman–Crippen LogP) is 5.74. The average molecular weight is 492 g/mol. The largest absolute Gasteiger partial charge is 0.487 e. The summed E-state index contributed by atoms with van der Waals surface area (Å²) in [5, 5.41) is 9.23. The van der Waals surface area contributed by atoms with Gasteiger partial charge in [0.2, 0.25) is 5.09 Å². The molecule has 0 amide bonds. The molecular weight excluding hydrogens is 466 g/mol. The maximum atomic E-state index is 13.5. The number of aryl methyl sites for hydroxylation is 3. The van der Waals surface area contributed by atoms with Crippen LogP contribution < -0.4 is 9.04 Å². The number of carboxylic acids is 1. The van der Waals surface area contributed by atoms with E-state index >= 15 is 0 Å². The second kappa shape index (κ2) is 9.49. The maximum Gasteiger partial charge on any atom is 0.335 e. The van der Waals surface area contributed by atoms with Gasteiger partial charge in [0, 0.05) is 16.6 Å². The van der Waals surface area contributed by atoms with Crippen molar-refractivity contribution in [2.45, 2.75) is 52.4 Å². The number of sulfonamides is 1. The number of nitrogens with zero attached hydrogens (tertiary/aromatic N) is 1. The second-order valence-electron chi connectivity index (χ2n) is 8.06. The first-order chi connectivity index (χ1) is 15.4. The first-order valence-electron chi connectivity index (χ1n) is 10.3. The van der Waals surface area contributed by atoms with Gasteiger partial charge >= 0.3 is 5.97 Å². The lowest BCUT2D eigenvalue weighted by Gasteiger charge is -2.29. The van der Waals surface area contributed by atoms with Gasteiger partial charge in [0.25, 0.3) is 10.0 Å². The third-order valence-electron chi connectivity index (χ3n) is 5.19. The molecule has 1 aromatic heterocycles. The van der Waals surface area contributed by atoms with Crippen LogP contribution in [0.15, 0.2) is 52.0 Å². The molecule has 0 aliphatic rings. The van der Waals surface area contributed by atoms with Crippen molar-refractivity contribution in [1.82, 2.24) is 0 Å². The van der Waals surface area contributed by atoms with Crippen molar-refractivity contribution >= 4 is 33.3 Å². The molecule has 3 aromatic rings. The molecule has 0 radical (unpaired) electrons. The molecule has 0 saturated carbocycles. The van der Waals surface area contributed by atoms with Crippen LogP contribution in [0.1, 0.15) is 46.7 Å². The molecule has 0 saturated heterocycles.